The van der Waals surface area contributed by atoms with Crippen molar-refractivity contribution in [1.29, 1.82) is 0 Å². The molecule has 2 unspecified atom stereocenters. The van der Waals surface area contributed by atoms with E-state index in [1.165, 1.54) is 4.90 Å². The van der Waals surface area contributed by atoms with Crippen LogP contribution in [-0.4, -0.2) is 30.9 Å². The first-order chi connectivity index (χ1) is 10.6. The van der Waals surface area contributed by atoms with E-state index in [0.717, 1.165) is 24.2 Å². The molecule has 0 saturated carbocycles. The second-order valence-corrected chi connectivity index (χ2v) is 7.05. The topological polar surface area (TPSA) is 64.4 Å². The summed E-state index contributed by atoms with van der Waals surface area (Å²) in [5.74, 6) is 1.22. The summed E-state index contributed by atoms with van der Waals surface area (Å²) in [5.41, 5.74) is 7.22. The van der Waals surface area contributed by atoms with E-state index >= 15 is 0 Å². The molecule has 0 aromatic heterocycles. The molecule has 3 N–H and O–H groups in total. The number of nitrogens with two attached hydrogens (primary N) is 1. The highest BCUT2D eigenvalue weighted by molar-refractivity contribution is 7.99. The Labute approximate surface area is 137 Å². The average Bonchev–Trinajstić information content (AvgIpc) is 2.55. The van der Waals surface area contributed by atoms with Gasteiger partial charge in [-0.15, -0.1) is 11.8 Å². The smallest absolute Gasteiger partial charge is 0.237 e. The van der Waals surface area contributed by atoms with Gasteiger partial charge in [-0.05, 0) is 49.1 Å². The molecule has 22 heavy (non-hydrogen) atoms. The molecule has 1 aliphatic rings. The fourth-order valence-electron chi connectivity index (χ4n) is 2.70. The van der Waals surface area contributed by atoms with Crippen LogP contribution in [0.15, 0.2) is 29.2 Å². The highest BCUT2D eigenvalue weighted by atomic mass is 32.2. The molecular formula is C17H26N2O2S. The number of hydrogen-bond acceptors (Lipinski definition) is 4. The lowest BCUT2D eigenvalue weighted by Crippen LogP contribution is -2.47. The van der Waals surface area contributed by atoms with Crippen LogP contribution < -0.4 is 11.1 Å². The highest BCUT2D eigenvalue weighted by Gasteiger charge is 2.27. The van der Waals surface area contributed by atoms with Crippen LogP contribution in [0.1, 0.15) is 38.3 Å². The van der Waals surface area contributed by atoms with E-state index in [0.29, 0.717) is 13.2 Å². The number of benzene rings is 1. The van der Waals surface area contributed by atoms with Crippen LogP contribution in [0.2, 0.25) is 0 Å². The quantitative estimate of drug-likeness (QED) is 0.791. The molecule has 122 valence electrons. The van der Waals surface area contributed by atoms with Crippen molar-refractivity contribution >= 4 is 17.7 Å². The van der Waals surface area contributed by atoms with Gasteiger partial charge in [-0.1, -0.05) is 19.1 Å². The van der Waals surface area contributed by atoms with Gasteiger partial charge in [0.25, 0.3) is 0 Å². The molecule has 2 rings (SSSR count). The molecule has 1 aromatic rings. The van der Waals surface area contributed by atoms with E-state index in [4.69, 9.17) is 10.5 Å². The molecule has 2 atom stereocenters. The van der Waals surface area contributed by atoms with Crippen molar-refractivity contribution in [3.8, 4) is 0 Å². The first-order valence-corrected chi connectivity index (χ1v) is 8.96. The number of nitrogens with one attached hydrogen (secondary N) is 1. The van der Waals surface area contributed by atoms with Crippen LogP contribution in [0, 0.1) is 5.92 Å². The van der Waals surface area contributed by atoms with Crippen molar-refractivity contribution < 1.29 is 9.53 Å². The van der Waals surface area contributed by atoms with Gasteiger partial charge in [0.15, 0.2) is 0 Å². The summed E-state index contributed by atoms with van der Waals surface area (Å²) in [6.45, 7) is 5.55. The lowest BCUT2D eigenvalue weighted by atomic mass is 9.91. The normalized spacial score (nSPS) is 18.7. The van der Waals surface area contributed by atoms with E-state index < -0.39 is 6.04 Å². The SMILES string of the molecule is CCSc1ccc(C(C)NC(=O)C(N)C2CCOCC2)cc1. The van der Waals surface area contributed by atoms with Crippen molar-refractivity contribution in [2.24, 2.45) is 11.7 Å². The van der Waals surface area contributed by atoms with Gasteiger partial charge in [0.1, 0.15) is 0 Å². The predicted molar refractivity (Wildman–Crippen MR) is 90.9 cm³/mol. The standard InChI is InChI=1S/C17H26N2O2S/c1-3-22-15-6-4-13(5-7-15)12(2)19-17(20)16(18)14-8-10-21-11-9-14/h4-7,12,14,16H,3,8-11,18H2,1-2H3,(H,19,20). The molecule has 0 aliphatic carbocycles. The van der Waals surface area contributed by atoms with E-state index in [2.05, 4.69) is 36.5 Å². The summed E-state index contributed by atoms with van der Waals surface area (Å²) in [5, 5.41) is 3.03. The summed E-state index contributed by atoms with van der Waals surface area (Å²) in [6, 6.07) is 7.88. The first-order valence-electron chi connectivity index (χ1n) is 7.98. The van der Waals surface area contributed by atoms with E-state index in [-0.39, 0.29) is 17.9 Å². The largest absolute Gasteiger partial charge is 0.381 e. The fourth-order valence-corrected chi connectivity index (χ4v) is 3.36. The lowest BCUT2D eigenvalue weighted by Gasteiger charge is -2.28. The van der Waals surface area contributed by atoms with Crippen LogP contribution >= 0.6 is 11.8 Å². The number of rotatable bonds is 6. The Bertz CT molecular complexity index is 472. The number of carbonyl (C=O) groups excluding carboxylic acids is 1. The van der Waals surface area contributed by atoms with Gasteiger partial charge in [-0.3, -0.25) is 4.79 Å². The Hall–Kier alpha value is -1.04. The maximum absolute atomic E-state index is 12.3. The van der Waals surface area contributed by atoms with Gasteiger partial charge in [-0.2, -0.15) is 0 Å². The van der Waals surface area contributed by atoms with Crippen LogP contribution in [0.25, 0.3) is 0 Å². The minimum Gasteiger partial charge on any atom is -0.381 e. The maximum Gasteiger partial charge on any atom is 0.237 e. The lowest BCUT2D eigenvalue weighted by molar-refractivity contribution is -0.125. The molecule has 1 heterocycles. The Morgan fingerprint density at radius 1 is 1.36 bits per heavy atom. The number of carbonyl (C=O) groups is 1. The van der Waals surface area contributed by atoms with Crippen molar-refractivity contribution in [2.75, 3.05) is 19.0 Å². The van der Waals surface area contributed by atoms with E-state index in [9.17, 15) is 4.79 Å². The number of hydrogen-bond donors (Lipinski definition) is 2. The van der Waals surface area contributed by atoms with Crippen molar-refractivity contribution in [3.63, 3.8) is 0 Å². The molecular weight excluding hydrogens is 296 g/mol. The van der Waals surface area contributed by atoms with Gasteiger partial charge in [0, 0.05) is 18.1 Å². The number of ether oxygens (including phenoxy) is 1. The number of thioether (sulfide) groups is 1. The van der Waals surface area contributed by atoms with Crippen LogP contribution in [0.4, 0.5) is 0 Å². The van der Waals surface area contributed by atoms with Crippen LogP contribution in [0.3, 0.4) is 0 Å². The van der Waals surface area contributed by atoms with Gasteiger partial charge < -0.3 is 15.8 Å². The zero-order chi connectivity index (χ0) is 15.9. The Kier molecular flexibility index (Phi) is 6.73. The van der Waals surface area contributed by atoms with Crippen molar-refractivity contribution in [2.45, 2.75) is 43.7 Å². The highest BCUT2D eigenvalue weighted by Crippen LogP contribution is 2.22. The third-order valence-electron chi connectivity index (χ3n) is 4.13. The van der Waals surface area contributed by atoms with Crippen molar-refractivity contribution in [3.05, 3.63) is 29.8 Å². The van der Waals surface area contributed by atoms with Crippen molar-refractivity contribution in [1.82, 2.24) is 5.32 Å². The molecule has 1 saturated heterocycles. The summed E-state index contributed by atoms with van der Waals surface area (Å²) >= 11 is 1.81. The van der Waals surface area contributed by atoms with Gasteiger partial charge in [0.2, 0.25) is 5.91 Å². The molecule has 5 heteroatoms. The zero-order valence-electron chi connectivity index (χ0n) is 13.4. The van der Waals surface area contributed by atoms with Crippen LogP contribution in [0.5, 0.6) is 0 Å². The van der Waals surface area contributed by atoms with Gasteiger partial charge in [-0.25, -0.2) is 0 Å². The second kappa shape index (κ2) is 8.56. The third kappa shape index (κ3) is 4.73. The van der Waals surface area contributed by atoms with E-state index in [1.807, 2.05) is 18.7 Å². The summed E-state index contributed by atoms with van der Waals surface area (Å²) in [4.78, 5) is 13.6. The van der Waals surface area contributed by atoms with E-state index in [1.54, 1.807) is 0 Å². The Morgan fingerprint density at radius 2 is 2.00 bits per heavy atom. The Balaban J connectivity index is 1.89. The molecule has 0 bridgehead atoms. The third-order valence-corrected chi connectivity index (χ3v) is 5.02. The fraction of sp³-hybridized carbons (Fsp3) is 0.588. The molecule has 1 amide bonds. The maximum atomic E-state index is 12.3. The number of amides is 1. The predicted octanol–water partition coefficient (Wildman–Crippen LogP) is 2.73. The average molecular weight is 322 g/mol. The van der Waals surface area contributed by atoms with Crippen LogP contribution in [-0.2, 0) is 9.53 Å². The molecule has 0 spiro atoms. The molecule has 4 nitrogen and oxygen atoms in total. The first kappa shape index (κ1) is 17.3. The monoisotopic (exact) mass is 322 g/mol. The second-order valence-electron chi connectivity index (χ2n) is 5.71. The van der Waals surface area contributed by atoms with Gasteiger partial charge >= 0.3 is 0 Å². The summed E-state index contributed by atoms with van der Waals surface area (Å²) in [6.07, 6.45) is 1.73. The molecule has 1 aliphatic heterocycles. The summed E-state index contributed by atoms with van der Waals surface area (Å²) in [7, 11) is 0. The van der Waals surface area contributed by atoms with Gasteiger partial charge in [0.05, 0.1) is 12.1 Å². The molecule has 1 aromatic carbocycles. The molecule has 0 radical (unpaired) electrons. The summed E-state index contributed by atoms with van der Waals surface area (Å²) < 4.78 is 5.32. The minimum atomic E-state index is -0.443. The Morgan fingerprint density at radius 3 is 2.59 bits per heavy atom. The minimum absolute atomic E-state index is 0.0286. The zero-order valence-corrected chi connectivity index (χ0v) is 14.2. The molecule has 1 fully saturated rings.